The summed E-state index contributed by atoms with van der Waals surface area (Å²) in [6, 6.07) is 5.57. The predicted molar refractivity (Wildman–Crippen MR) is 123 cm³/mol. The molecule has 4 aromatic rings. The van der Waals surface area contributed by atoms with Crippen LogP contribution in [0, 0.1) is 0 Å². The topological polar surface area (TPSA) is 122 Å². The molecular formula is C22H22ClF2N7O3. The van der Waals surface area contributed by atoms with Crippen LogP contribution in [0.5, 0.6) is 5.75 Å². The molecule has 3 aromatic heterocycles. The van der Waals surface area contributed by atoms with Gasteiger partial charge in [0.15, 0.2) is 11.9 Å². The van der Waals surface area contributed by atoms with Crippen LogP contribution in [0.1, 0.15) is 24.3 Å². The van der Waals surface area contributed by atoms with Crippen LogP contribution in [0.25, 0.3) is 16.9 Å². The number of aromatic nitrogens is 5. The van der Waals surface area contributed by atoms with Crippen molar-refractivity contribution in [2.75, 3.05) is 18.4 Å². The molecule has 0 aliphatic carbocycles. The summed E-state index contributed by atoms with van der Waals surface area (Å²) in [6.45, 7) is -2.00. The second-order valence-corrected chi connectivity index (χ2v) is 8.49. The smallest absolute Gasteiger partial charge is 0.387 e. The Bertz CT molecular complexity index is 1330. The number of nitrogens with one attached hydrogen (secondary N) is 2. The Morgan fingerprint density at radius 2 is 2.17 bits per heavy atom. The molecule has 0 amide bonds. The number of benzene rings is 1. The van der Waals surface area contributed by atoms with Gasteiger partial charge in [0, 0.05) is 35.7 Å². The fourth-order valence-corrected chi connectivity index (χ4v) is 4.32. The standard InChI is InChI=1S/C22H22ClF2N7O3/c23-12-2-3-18(35-22(24)25)13(8-12)19-15(11-32(30-19)16-4-6-26-10-17(16)33)29-21(34)14-9-28-31-7-1-5-27-20(14)31/h1-3,5,7-9,11,16-17,21-22,26,29,33-34H,4,6,10H2/t16-,17-,21?/m1/s1. The fourth-order valence-electron chi connectivity index (χ4n) is 4.15. The van der Waals surface area contributed by atoms with E-state index in [1.54, 1.807) is 29.3 Å². The Balaban J connectivity index is 1.58. The minimum Gasteiger partial charge on any atom is -0.434 e. The Hall–Kier alpha value is -3.32. The van der Waals surface area contributed by atoms with Crippen molar-refractivity contribution in [3.05, 3.63) is 59.6 Å². The quantitative estimate of drug-likeness (QED) is 0.283. The van der Waals surface area contributed by atoms with Gasteiger partial charge in [0.05, 0.1) is 29.6 Å². The number of nitrogens with zero attached hydrogens (tertiary/aromatic N) is 5. The van der Waals surface area contributed by atoms with Gasteiger partial charge in [-0.2, -0.15) is 19.0 Å². The maximum Gasteiger partial charge on any atom is 0.387 e. The lowest BCUT2D eigenvalue weighted by atomic mass is 10.0. The van der Waals surface area contributed by atoms with Gasteiger partial charge in [0.25, 0.3) is 0 Å². The largest absolute Gasteiger partial charge is 0.434 e. The molecule has 5 rings (SSSR count). The number of ether oxygens (including phenoxy) is 1. The van der Waals surface area contributed by atoms with Crippen molar-refractivity contribution in [2.24, 2.45) is 0 Å². The molecule has 3 atom stereocenters. The van der Waals surface area contributed by atoms with E-state index in [2.05, 4.69) is 25.8 Å². The summed E-state index contributed by atoms with van der Waals surface area (Å²) >= 11 is 6.17. The van der Waals surface area contributed by atoms with Crippen LogP contribution in [0.4, 0.5) is 14.5 Å². The van der Waals surface area contributed by atoms with Gasteiger partial charge in [-0.15, -0.1) is 0 Å². The second-order valence-electron chi connectivity index (χ2n) is 8.05. The first-order chi connectivity index (χ1) is 16.9. The summed E-state index contributed by atoms with van der Waals surface area (Å²) in [7, 11) is 0. The molecule has 35 heavy (non-hydrogen) atoms. The van der Waals surface area contributed by atoms with Crippen molar-refractivity contribution in [2.45, 2.75) is 31.4 Å². The number of alkyl halides is 2. The van der Waals surface area contributed by atoms with Crippen molar-refractivity contribution >= 4 is 22.9 Å². The first-order valence-electron chi connectivity index (χ1n) is 10.9. The Kier molecular flexibility index (Phi) is 6.52. The third-order valence-corrected chi connectivity index (χ3v) is 6.03. The third kappa shape index (κ3) is 4.78. The van der Waals surface area contributed by atoms with Gasteiger partial charge in [0.2, 0.25) is 0 Å². The number of fused-ring (bicyclic) bond motifs is 1. The Morgan fingerprint density at radius 3 is 2.97 bits per heavy atom. The van der Waals surface area contributed by atoms with Crippen LogP contribution in [0.15, 0.2) is 49.1 Å². The van der Waals surface area contributed by atoms with Gasteiger partial charge < -0.3 is 25.6 Å². The van der Waals surface area contributed by atoms with E-state index >= 15 is 0 Å². The maximum atomic E-state index is 13.1. The molecule has 10 nitrogen and oxygen atoms in total. The van der Waals surface area contributed by atoms with Crippen LogP contribution < -0.4 is 15.4 Å². The molecule has 1 saturated heterocycles. The van der Waals surface area contributed by atoms with E-state index in [-0.39, 0.29) is 28.1 Å². The zero-order chi connectivity index (χ0) is 24.5. The van der Waals surface area contributed by atoms with Crippen molar-refractivity contribution in [1.82, 2.24) is 29.7 Å². The van der Waals surface area contributed by atoms with Crippen LogP contribution in [-0.2, 0) is 0 Å². The molecule has 1 aliphatic rings. The van der Waals surface area contributed by atoms with Crippen LogP contribution in [-0.4, -0.2) is 60.4 Å². The molecule has 0 bridgehead atoms. The molecule has 13 heteroatoms. The molecule has 0 radical (unpaired) electrons. The van der Waals surface area contributed by atoms with E-state index in [1.165, 1.54) is 28.9 Å². The normalized spacial score (nSPS) is 19.3. The SMILES string of the molecule is OC(Nc1cn([C@@H]2CCNC[C@H]2O)nc1-c1cc(Cl)ccc1OC(F)F)c1cnn2cccnc12. The minimum atomic E-state index is -3.06. The average Bonchev–Trinajstić information content (AvgIpc) is 3.45. The number of rotatable bonds is 7. The summed E-state index contributed by atoms with van der Waals surface area (Å²) < 4.78 is 34.0. The highest BCUT2D eigenvalue weighted by atomic mass is 35.5. The molecule has 4 heterocycles. The van der Waals surface area contributed by atoms with Gasteiger partial charge in [-0.05, 0) is 37.2 Å². The van der Waals surface area contributed by atoms with Crippen molar-refractivity contribution in [3.8, 4) is 17.0 Å². The molecule has 1 unspecified atom stereocenters. The van der Waals surface area contributed by atoms with E-state index in [0.717, 1.165) is 0 Å². The van der Waals surface area contributed by atoms with E-state index in [9.17, 15) is 19.0 Å². The lowest BCUT2D eigenvalue weighted by Gasteiger charge is -2.28. The molecule has 184 valence electrons. The zero-order valence-electron chi connectivity index (χ0n) is 18.2. The molecular weight excluding hydrogens is 484 g/mol. The van der Waals surface area contributed by atoms with Gasteiger partial charge in [0.1, 0.15) is 11.4 Å². The van der Waals surface area contributed by atoms with Gasteiger partial charge in [-0.1, -0.05) is 11.6 Å². The molecule has 1 aliphatic heterocycles. The molecule has 0 saturated carbocycles. The number of aliphatic hydroxyl groups excluding tert-OH is 2. The number of aliphatic hydroxyl groups is 2. The van der Waals surface area contributed by atoms with Crippen LogP contribution in [0.3, 0.4) is 0 Å². The highest BCUT2D eigenvalue weighted by Gasteiger charge is 2.28. The molecule has 0 spiro atoms. The van der Waals surface area contributed by atoms with E-state index in [1.807, 2.05) is 0 Å². The first-order valence-corrected chi connectivity index (χ1v) is 11.2. The number of hydrogen-bond acceptors (Lipinski definition) is 8. The van der Waals surface area contributed by atoms with Crippen molar-refractivity contribution < 1.29 is 23.7 Å². The summed E-state index contributed by atoms with van der Waals surface area (Å²) in [5.74, 6) is -0.129. The highest BCUT2D eigenvalue weighted by Crippen LogP contribution is 2.39. The monoisotopic (exact) mass is 505 g/mol. The fraction of sp³-hybridized carbons (Fsp3) is 0.318. The Labute approximate surface area is 203 Å². The molecule has 4 N–H and O–H groups in total. The number of hydrogen-bond donors (Lipinski definition) is 4. The maximum absolute atomic E-state index is 13.1. The summed E-state index contributed by atoms with van der Waals surface area (Å²) in [4.78, 5) is 4.25. The minimum absolute atomic E-state index is 0.129. The molecule has 1 fully saturated rings. The number of piperidine rings is 1. The summed E-state index contributed by atoms with van der Waals surface area (Å²) in [5.41, 5.74) is 1.59. The number of anilines is 1. The third-order valence-electron chi connectivity index (χ3n) is 5.79. The molecule has 1 aromatic carbocycles. The van der Waals surface area contributed by atoms with Crippen molar-refractivity contribution in [1.29, 1.82) is 0 Å². The van der Waals surface area contributed by atoms with E-state index in [4.69, 9.17) is 16.3 Å². The van der Waals surface area contributed by atoms with E-state index < -0.39 is 18.9 Å². The average molecular weight is 506 g/mol. The summed E-state index contributed by atoms with van der Waals surface area (Å²) in [6.07, 6.45) is 4.99. The predicted octanol–water partition coefficient (Wildman–Crippen LogP) is 2.85. The Morgan fingerprint density at radius 1 is 1.31 bits per heavy atom. The summed E-state index contributed by atoms with van der Waals surface area (Å²) in [5, 5.41) is 36.6. The van der Waals surface area contributed by atoms with E-state index in [0.29, 0.717) is 36.4 Å². The second kappa shape index (κ2) is 9.74. The first kappa shape index (κ1) is 23.4. The van der Waals surface area contributed by atoms with Crippen molar-refractivity contribution in [3.63, 3.8) is 0 Å². The van der Waals surface area contributed by atoms with Crippen LogP contribution in [0.2, 0.25) is 5.02 Å². The highest BCUT2D eigenvalue weighted by molar-refractivity contribution is 6.31. The zero-order valence-corrected chi connectivity index (χ0v) is 19.0. The van der Waals surface area contributed by atoms with Crippen LogP contribution >= 0.6 is 11.6 Å². The lowest BCUT2D eigenvalue weighted by Crippen LogP contribution is -2.41. The lowest BCUT2D eigenvalue weighted by molar-refractivity contribution is -0.0494. The number of halogens is 3. The van der Waals surface area contributed by atoms with Gasteiger partial charge in [-0.25, -0.2) is 9.50 Å². The van der Waals surface area contributed by atoms with Gasteiger partial charge in [-0.3, -0.25) is 4.68 Å². The number of β-amino-alcohol motifs (C(OH)–C–C–N with tert-alkyl or cyclic N) is 1. The van der Waals surface area contributed by atoms with Gasteiger partial charge >= 0.3 is 6.61 Å².